The van der Waals surface area contributed by atoms with Gasteiger partial charge in [-0.1, -0.05) is 0 Å². The second-order valence-electron chi connectivity index (χ2n) is 5.35. The first-order valence-electron chi connectivity index (χ1n) is 5.57. The van der Waals surface area contributed by atoms with Crippen LogP contribution in [-0.4, -0.2) is 22.3 Å². The van der Waals surface area contributed by atoms with E-state index < -0.39 is 5.97 Å². The molecule has 0 heterocycles. The summed E-state index contributed by atoms with van der Waals surface area (Å²) >= 11 is 0. The van der Waals surface area contributed by atoms with E-state index in [1.165, 1.54) is 0 Å². The summed E-state index contributed by atoms with van der Waals surface area (Å²) in [5, 5.41) is 19.1. The second-order valence-corrected chi connectivity index (χ2v) is 5.35. The van der Waals surface area contributed by atoms with Crippen molar-refractivity contribution in [1.82, 2.24) is 0 Å². The van der Waals surface area contributed by atoms with Gasteiger partial charge in [0.15, 0.2) is 0 Å². The van der Waals surface area contributed by atoms with Crippen LogP contribution in [0.1, 0.15) is 25.7 Å². The fraction of sp³-hybridized carbons (Fsp3) is 0.909. The molecule has 78 valence electrons. The van der Waals surface area contributed by atoms with E-state index in [-0.39, 0.29) is 17.9 Å². The largest absolute Gasteiger partial charge is 0.481 e. The number of carboxylic acid groups (broad SMARTS) is 1. The highest BCUT2D eigenvalue weighted by molar-refractivity contribution is 5.71. The van der Waals surface area contributed by atoms with Gasteiger partial charge in [-0.3, -0.25) is 4.79 Å². The Kier molecular flexibility index (Phi) is 1.69. The zero-order valence-electron chi connectivity index (χ0n) is 8.10. The summed E-state index contributed by atoms with van der Waals surface area (Å²) in [5.41, 5.74) is 0. The molecule has 4 fully saturated rings. The number of hydrogen-bond acceptors (Lipinski definition) is 2. The third-order valence-corrected chi connectivity index (χ3v) is 4.66. The quantitative estimate of drug-likeness (QED) is 0.660. The molecule has 0 saturated heterocycles. The van der Waals surface area contributed by atoms with E-state index in [9.17, 15) is 9.90 Å². The molecule has 6 unspecified atom stereocenters. The predicted octanol–water partition coefficient (Wildman–Crippen LogP) is 1.11. The lowest BCUT2D eigenvalue weighted by Gasteiger charge is -2.55. The van der Waals surface area contributed by atoms with Crippen LogP contribution >= 0.6 is 0 Å². The van der Waals surface area contributed by atoms with E-state index in [0.29, 0.717) is 17.8 Å². The number of aliphatic hydroxyl groups excluding tert-OH is 1. The lowest BCUT2D eigenvalue weighted by molar-refractivity contribution is -0.171. The van der Waals surface area contributed by atoms with Crippen LogP contribution in [-0.2, 0) is 4.79 Å². The summed E-state index contributed by atoms with van der Waals surface area (Å²) in [5.74, 6) is 0.605. The van der Waals surface area contributed by atoms with Crippen molar-refractivity contribution >= 4 is 5.97 Å². The van der Waals surface area contributed by atoms with E-state index in [1.54, 1.807) is 0 Å². The van der Waals surface area contributed by atoms with Crippen LogP contribution in [0.5, 0.6) is 0 Å². The number of carboxylic acids is 1. The Hall–Kier alpha value is -0.570. The summed E-state index contributed by atoms with van der Waals surface area (Å²) < 4.78 is 0. The summed E-state index contributed by atoms with van der Waals surface area (Å²) in [6.45, 7) is 0. The molecule has 0 spiro atoms. The number of hydrogen-bond donors (Lipinski definition) is 2. The summed E-state index contributed by atoms with van der Waals surface area (Å²) in [6, 6.07) is 0. The van der Waals surface area contributed by atoms with E-state index in [2.05, 4.69) is 0 Å². The molecule has 2 N–H and O–H groups in total. The third kappa shape index (κ3) is 0.991. The van der Waals surface area contributed by atoms with Crippen LogP contribution < -0.4 is 0 Å². The molecule has 4 rings (SSSR count). The summed E-state index contributed by atoms with van der Waals surface area (Å²) in [6.07, 6.45) is 3.80. The molecule has 14 heavy (non-hydrogen) atoms. The molecule has 0 aliphatic heterocycles. The fourth-order valence-electron chi connectivity index (χ4n) is 4.27. The normalized spacial score (nSPS) is 54.9. The van der Waals surface area contributed by atoms with Gasteiger partial charge in [-0.05, 0) is 49.4 Å². The highest BCUT2D eigenvalue weighted by atomic mass is 16.4. The van der Waals surface area contributed by atoms with Crippen molar-refractivity contribution in [3.63, 3.8) is 0 Å². The minimum Gasteiger partial charge on any atom is -0.481 e. The minimum atomic E-state index is -0.683. The van der Waals surface area contributed by atoms with Gasteiger partial charge in [0.25, 0.3) is 0 Å². The number of aliphatic carboxylic acids is 1. The Morgan fingerprint density at radius 2 is 1.79 bits per heavy atom. The first-order valence-corrected chi connectivity index (χ1v) is 5.57. The number of aliphatic hydroxyl groups is 1. The smallest absolute Gasteiger partial charge is 0.307 e. The molecule has 6 atom stereocenters. The maximum Gasteiger partial charge on any atom is 0.307 e. The molecule has 4 aliphatic carbocycles. The molecular formula is C11H16O3. The monoisotopic (exact) mass is 196 g/mol. The first kappa shape index (κ1) is 8.72. The summed E-state index contributed by atoms with van der Waals surface area (Å²) in [7, 11) is 0. The van der Waals surface area contributed by atoms with Crippen molar-refractivity contribution in [2.45, 2.75) is 31.8 Å². The van der Waals surface area contributed by atoms with Crippen LogP contribution in [0.15, 0.2) is 0 Å². The fourth-order valence-corrected chi connectivity index (χ4v) is 4.27. The van der Waals surface area contributed by atoms with Gasteiger partial charge in [0, 0.05) is 0 Å². The first-order chi connectivity index (χ1) is 6.66. The van der Waals surface area contributed by atoms with Gasteiger partial charge in [0.2, 0.25) is 0 Å². The molecule has 4 bridgehead atoms. The van der Waals surface area contributed by atoms with Crippen molar-refractivity contribution in [3.8, 4) is 0 Å². The van der Waals surface area contributed by atoms with Crippen LogP contribution in [0.4, 0.5) is 0 Å². The van der Waals surface area contributed by atoms with Crippen LogP contribution in [0.2, 0.25) is 0 Å². The van der Waals surface area contributed by atoms with Crippen molar-refractivity contribution in [3.05, 3.63) is 0 Å². The van der Waals surface area contributed by atoms with Gasteiger partial charge in [-0.2, -0.15) is 0 Å². The molecule has 0 aromatic heterocycles. The Labute approximate surface area is 83.1 Å². The SMILES string of the molecule is O=C(O)C1C2CC3CC(C2)C(O)C1C3. The van der Waals surface area contributed by atoms with Crippen LogP contribution in [0.3, 0.4) is 0 Å². The molecule has 0 aromatic carbocycles. The molecule has 0 radical (unpaired) electrons. The highest BCUT2D eigenvalue weighted by Crippen LogP contribution is 2.56. The van der Waals surface area contributed by atoms with Gasteiger partial charge in [0.1, 0.15) is 0 Å². The van der Waals surface area contributed by atoms with Crippen LogP contribution in [0.25, 0.3) is 0 Å². The van der Waals surface area contributed by atoms with Gasteiger partial charge in [-0.25, -0.2) is 0 Å². The van der Waals surface area contributed by atoms with Crippen molar-refractivity contribution in [2.24, 2.45) is 29.6 Å². The summed E-state index contributed by atoms with van der Waals surface area (Å²) in [4.78, 5) is 11.1. The lowest BCUT2D eigenvalue weighted by Crippen LogP contribution is -2.55. The maximum absolute atomic E-state index is 11.1. The standard InChI is InChI=1S/C11H16O3/c12-10-7-2-5-1-6(4-7)9(11(13)14)8(10)3-5/h5-10,12H,1-4H2,(H,13,14). The van der Waals surface area contributed by atoms with Crippen molar-refractivity contribution in [1.29, 1.82) is 0 Å². The molecule has 3 heteroatoms. The van der Waals surface area contributed by atoms with Crippen LogP contribution in [0, 0.1) is 29.6 Å². The predicted molar refractivity (Wildman–Crippen MR) is 49.6 cm³/mol. The highest BCUT2D eigenvalue weighted by Gasteiger charge is 2.55. The minimum absolute atomic E-state index is 0.0590. The van der Waals surface area contributed by atoms with Gasteiger partial charge in [0.05, 0.1) is 12.0 Å². The Morgan fingerprint density at radius 3 is 2.50 bits per heavy atom. The average molecular weight is 196 g/mol. The second kappa shape index (κ2) is 2.72. The third-order valence-electron chi connectivity index (χ3n) is 4.66. The van der Waals surface area contributed by atoms with E-state index >= 15 is 0 Å². The number of carbonyl (C=O) groups is 1. The van der Waals surface area contributed by atoms with Gasteiger partial charge < -0.3 is 10.2 Å². The van der Waals surface area contributed by atoms with E-state index in [0.717, 1.165) is 25.7 Å². The zero-order valence-corrected chi connectivity index (χ0v) is 8.10. The molecule has 0 amide bonds. The lowest BCUT2D eigenvalue weighted by atomic mass is 9.50. The van der Waals surface area contributed by atoms with Gasteiger partial charge in [-0.15, -0.1) is 0 Å². The molecular weight excluding hydrogens is 180 g/mol. The molecule has 0 aromatic rings. The topological polar surface area (TPSA) is 57.5 Å². The maximum atomic E-state index is 11.1. The van der Waals surface area contributed by atoms with Crippen molar-refractivity contribution in [2.75, 3.05) is 0 Å². The van der Waals surface area contributed by atoms with Crippen molar-refractivity contribution < 1.29 is 15.0 Å². The van der Waals surface area contributed by atoms with E-state index in [4.69, 9.17) is 5.11 Å². The van der Waals surface area contributed by atoms with E-state index in [1.807, 2.05) is 0 Å². The Morgan fingerprint density at radius 1 is 1.07 bits per heavy atom. The molecule has 4 aliphatic rings. The Bertz CT molecular complexity index is 276. The van der Waals surface area contributed by atoms with Gasteiger partial charge >= 0.3 is 5.97 Å². The zero-order chi connectivity index (χ0) is 9.87. The average Bonchev–Trinajstić information content (AvgIpc) is 2.12. The molecule has 4 saturated carbocycles. The molecule has 3 nitrogen and oxygen atoms in total. The number of rotatable bonds is 1. The Balaban J connectivity index is 1.93.